The number of rotatable bonds is 4. The van der Waals surface area contributed by atoms with Gasteiger partial charge in [0, 0.05) is 13.1 Å². The zero-order chi connectivity index (χ0) is 17.2. The first-order valence-electron chi connectivity index (χ1n) is 8.64. The highest BCUT2D eigenvalue weighted by Crippen LogP contribution is 2.31. The molecule has 1 fully saturated rings. The largest absolute Gasteiger partial charge is 0.382 e. The molecule has 2 aliphatic heterocycles. The topological polar surface area (TPSA) is 87.4 Å². The number of hydrogen-bond donors (Lipinski definition) is 2. The van der Waals surface area contributed by atoms with Crippen molar-refractivity contribution in [2.45, 2.75) is 25.9 Å². The SMILES string of the molecule is Nc1ncnc2c1NC(=O)CN2Cc1cccc(CN2CCCC2)c1. The number of amides is 1. The van der Waals surface area contributed by atoms with E-state index in [1.54, 1.807) is 0 Å². The second-order valence-corrected chi connectivity index (χ2v) is 6.66. The molecule has 25 heavy (non-hydrogen) atoms. The van der Waals surface area contributed by atoms with Gasteiger partial charge in [0.2, 0.25) is 5.91 Å². The van der Waals surface area contributed by atoms with E-state index in [9.17, 15) is 4.79 Å². The van der Waals surface area contributed by atoms with Crippen LogP contribution in [0.15, 0.2) is 30.6 Å². The standard InChI is InChI=1S/C18H22N6O/c19-17-16-18(21-12-20-17)24(11-15(25)22-16)10-14-5-3-4-13(8-14)9-23-6-1-2-7-23/h3-5,8,12H,1-2,6-7,9-11H2,(H,22,25)(H2,19,20,21). The molecule has 7 heteroatoms. The first-order chi connectivity index (χ1) is 12.2. The number of nitrogens with two attached hydrogens (primary N) is 1. The zero-order valence-electron chi connectivity index (χ0n) is 14.1. The summed E-state index contributed by atoms with van der Waals surface area (Å²) in [6.45, 7) is 4.23. The Kier molecular flexibility index (Phi) is 4.23. The van der Waals surface area contributed by atoms with Crippen LogP contribution in [-0.4, -0.2) is 40.4 Å². The van der Waals surface area contributed by atoms with Crippen LogP contribution in [0.25, 0.3) is 0 Å². The molecule has 2 aliphatic rings. The van der Waals surface area contributed by atoms with E-state index in [-0.39, 0.29) is 12.5 Å². The molecule has 0 atom stereocenters. The Morgan fingerprint density at radius 1 is 1.12 bits per heavy atom. The van der Waals surface area contributed by atoms with Crippen molar-refractivity contribution in [3.05, 3.63) is 41.7 Å². The molecular weight excluding hydrogens is 316 g/mol. The predicted molar refractivity (Wildman–Crippen MR) is 97.1 cm³/mol. The van der Waals surface area contributed by atoms with Crippen LogP contribution in [-0.2, 0) is 17.9 Å². The molecule has 0 unspecified atom stereocenters. The van der Waals surface area contributed by atoms with Crippen molar-refractivity contribution in [3.8, 4) is 0 Å². The lowest BCUT2D eigenvalue weighted by molar-refractivity contribution is -0.115. The van der Waals surface area contributed by atoms with Crippen molar-refractivity contribution in [2.24, 2.45) is 0 Å². The number of fused-ring (bicyclic) bond motifs is 1. The van der Waals surface area contributed by atoms with Crippen molar-refractivity contribution >= 4 is 23.2 Å². The number of likely N-dealkylation sites (tertiary alicyclic amines) is 1. The fourth-order valence-electron chi connectivity index (χ4n) is 3.55. The molecule has 0 aliphatic carbocycles. The highest BCUT2D eigenvalue weighted by Gasteiger charge is 2.25. The van der Waals surface area contributed by atoms with Crippen molar-refractivity contribution in [1.82, 2.24) is 14.9 Å². The molecular formula is C18H22N6O. The number of anilines is 3. The third-order valence-corrected chi connectivity index (χ3v) is 4.72. The van der Waals surface area contributed by atoms with Gasteiger partial charge in [0.15, 0.2) is 11.6 Å². The van der Waals surface area contributed by atoms with Gasteiger partial charge in [0.05, 0.1) is 6.54 Å². The van der Waals surface area contributed by atoms with Gasteiger partial charge in [0.25, 0.3) is 0 Å². The van der Waals surface area contributed by atoms with Crippen LogP contribution < -0.4 is 16.0 Å². The van der Waals surface area contributed by atoms with Gasteiger partial charge in [-0.1, -0.05) is 24.3 Å². The van der Waals surface area contributed by atoms with Gasteiger partial charge in [-0.15, -0.1) is 0 Å². The first kappa shape index (κ1) is 15.8. The number of benzene rings is 1. The summed E-state index contributed by atoms with van der Waals surface area (Å²) in [5.41, 5.74) is 8.85. The molecule has 0 spiro atoms. The van der Waals surface area contributed by atoms with Crippen LogP contribution in [0.1, 0.15) is 24.0 Å². The van der Waals surface area contributed by atoms with Crippen molar-refractivity contribution in [3.63, 3.8) is 0 Å². The van der Waals surface area contributed by atoms with Gasteiger partial charge in [-0.25, -0.2) is 9.97 Å². The molecule has 1 aromatic carbocycles. The van der Waals surface area contributed by atoms with E-state index >= 15 is 0 Å². The third kappa shape index (κ3) is 3.41. The summed E-state index contributed by atoms with van der Waals surface area (Å²) < 4.78 is 0. The molecule has 0 radical (unpaired) electrons. The molecule has 2 aromatic rings. The van der Waals surface area contributed by atoms with Crippen molar-refractivity contribution in [2.75, 3.05) is 35.6 Å². The molecule has 130 valence electrons. The van der Waals surface area contributed by atoms with E-state index in [2.05, 4.69) is 44.5 Å². The monoisotopic (exact) mass is 338 g/mol. The second kappa shape index (κ2) is 6.68. The average Bonchev–Trinajstić information content (AvgIpc) is 3.09. The fourth-order valence-corrected chi connectivity index (χ4v) is 3.55. The minimum absolute atomic E-state index is 0.0952. The fraction of sp³-hybridized carbons (Fsp3) is 0.389. The van der Waals surface area contributed by atoms with Crippen molar-refractivity contribution < 1.29 is 4.79 Å². The molecule has 1 amide bonds. The van der Waals surface area contributed by atoms with Crippen LogP contribution in [0.5, 0.6) is 0 Å². The van der Waals surface area contributed by atoms with Crippen LogP contribution in [0.2, 0.25) is 0 Å². The average molecular weight is 338 g/mol. The Balaban J connectivity index is 1.54. The number of carbonyl (C=O) groups excluding carboxylic acids is 1. The molecule has 3 heterocycles. The summed E-state index contributed by atoms with van der Waals surface area (Å²) >= 11 is 0. The van der Waals surface area contributed by atoms with Crippen molar-refractivity contribution in [1.29, 1.82) is 0 Å². The molecule has 0 saturated carbocycles. The van der Waals surface area contributed by atoms with Crippen LogP contribution in [0.3, 0.4) is 0 Å². The van der Waals surface area contributed by atoms with Gasteiger partial charge in [-0.2, -0.15) is 0 Å². The lowest BCUT2D eigenvalue weighted by atomic mass is 10.1. The molecule has 1 aromatic heterocycles. The number of nitrogen functional groups attached to an aromatic ring is 1. The summed E-state index contributed by atoms with van der Waals surface area (Å²) in [5, 5.41) is 2.77. The highest BCUT2D eigenvalue weighted by molar-refractivity contribution is 6.02. The number of nitrogens with zero attached hydrogens (tertiary/aromatic N) is 4. The van der Waals surface area contributed by atoms with E-state index < -0.39 is 0 Å². The maximum absolute atomic E-state index is 12.0. The van der Waals surface area contributed by atoms with E-state index in [0.717, 1.165) is 12.1 Å². The maximum Gasteiger partial charge on any atom is 0.244 e. The Labute approximate surface area is 146 Å². The summed E-state index contributed by atoms with van der Waals surface area (Å²) in [6, 6.07) is 8.55. The second-order valence-electron chi connectivity index (χ2n) is 6.66. The number of aromatic nitrogens is 2. The third-order valence-electron chi connectivity index (χ3n) is 4.72. The minimum atomic E-state index is -0.0952. The summed E-state index contributed by atoms with van der Waals surface area (Å²) in [5.74, 6) is 0.880. The predicted octanol–water partition coefficient (Wildman–Crippen LogP) is 1.61. The quantitative estimate of drug-likeness (QED) is 0.881. The number of hydrogen-bond acceptors (Lipinski definition) is 6. The van der Waals surface area contributed by atoms with Crippen LogP contribution in [0, 0.1) is 0 Å². The summed E-state index contributed by atoms with van der Waals surface area (Å²) in [6.07, 6.45) is 4.02. The van der Waals surface area contributed by atoms with Gasteiger partial charge < -0.3 is 16.0 Å². The summed E-state index contributed by atoms with van der Waals surface area (Å²) in [7, 11) is 0. The smallest absolute Gasteiger partial charge is 0.244 e. The van der Waals surface area contributed by atoms with E-state index in [1.807, 2.05) is 4.90 Å². The minimum Gasteiger partial charge on any atom is -0.382 e. The van der Waals surface area contributed by atoms with Gasteiger partial charge in [-0.05, 0) is 37.1 Å². The molecule has 7 nitrogen and oxygen atoms in total. The Bertz CT molecular complexity index is 787. The molecule has 3 N–H and O–H groups in total. The Hall–Kier alpha value is -2.67. The van der Waals surface area contributed by atoms with Crippen LogP contribution in [0.4, 0.5) is 17.3 Å². The van der Waals surface area contributed by atoms with Crippen LogP contribution >= 0.6 is 0 Å². The highest BCUT2D eigenvalue weighted by atomic mass is 16.2. The molecule has 4 rings (SSSR count). The first-order valence-corrected chi connectivity index (χ1v) is 8.64. The molecule has 0 bridgehead atoms. The maximum atomic E-state index is 12.0. The lowest BCUT2D eigenvalue weighted by Gasteiger charge is -2.30. The Morgan fingerprint density at radius 3 is 2.68 bits per heavy atom. The normalized spacial score (nSPS) is 17.4. The van der Waals surface area contributed by atoms with E-state index in [4.69, 9.17) is 5.73 Å². The van der Waals surface area contributed by atoms with Gasteiger partial charge >= 0.3 is 0 Å². The van der Waals surface area contributed by atoms with Gasteiger partial charge in [0.1, 0.15) is 12.0 Å². The zero-order valence-corrected chi connectivity index (χ0v) is 14.1. The summed E-state index contributed by atoms with van der Waals surface area (Å²) in [4.78, 5) is 24.7. The number of carbonyl (C=O) groups is 1. The van der Waals surface area contributed by atoms with E-state index in [1.165, 1.54) is 37.8 Å². The van der Waals surface area contributed by atoms with E-state index in [0.29, 0.717) is 23.9 Å². The lowest BCUT2D eigenvalue weighted by Crippen LogP contribution is -2.39. The van der Waals surface area contributed by atoms with Gasteiger partial charge in [-0.3, -0.25) is 9.69 Å². The molecule has 1 saturated heterocycles. The number of nitrogens with one attached hydrogen (secondary N) is 1. The Morgan fingerprint density at radius 2 is 1.88 bits per heavy atom.